The normalized spacial score (nSPS) is 18.4. The Morgan fingerprint density at radius 1 is 1.44 bits per heavy atom. The van der Waals surface area contributed by atoms with Gasteiger partial charge in [0, 0.05) is 0 Å². The van der Waals surface area contributed by atoms with Crippen LogP contribution in [0.2, 0.25) is 5.15 Å². The summed E-state index contributed by atoms with van der Waals surface area (Å²) in [7, 11) is 0. The highest BCUT2D eigenvalue weighted by Crippen LogP contribution is 2.28. The van der Waals surface area contributed by atoms with Crippen LogP contribution in [-0.2, 0) is 4.79 Å². The summed E-state index contributed by atoms with van der Waals surface area (Å²) in [5.74, 6) is -0.141. The highest BCUT2D eigenvalue weighted by atomic mass is 79.9. The number of halogens is 2. The van der Waals surface area contributed by atoms with Gasteiger partial charge in [0.15, 0.2) is 0 Å². The smallest absolute Gasteiger partial charge is 0.244 e. The summed E-state index contributed by atoms with van der Waals surface area (Å²) < 4.78 is 0.650. The molecule has 1 aliphatic carbocycles. The number of amides is 1. The van der Waals surface area contributed by atoms with Gasteiger partial charge in [-0.3, -0.25) is 4.79 Å². The summed E-state index contributed by atoms with van der Waals surface area (Å²) in [6.45, 7) is 0. The van der Waals surface area contributed by atoms with Gasteiger partial charge in [-0.2, -0.15) is 0 Å². The summed E-state index contributed by atoms with van der Waals surface area (Å²) in [6.07, 6.45) is 6.17. The zero-order chi connectivity index (χ0) is 13.2. The Balaban J connectivity index is 2.08. The molecule has 18 heavy (non-hydrogen) atoms. The van der Waals surface area contributed by atoms with Gasteiger partial charge in [-0.25, -0.2) is 4.98 Å². The summed E-state index contributed by atoms with van der Waals surface area (Å²) in [4.78, 5) is 16.1. The minimum Gasteiger partial charge on any atom is -0.323 e. The van der Waals surface area contributed by atoms with E-state index in [9.17, 15) is 4.79 Å². The van der Waals surface area contributed by atoms with Crippen LogP contribution in [0.4, 0.5) is 5.69 Å². The lowest BCUT2D eigenvalue weighted by molar-refractivity contribution is -0.122. The number of nitrogens with one attached hydrogen (secondary N) is 1. The first-order chi connectivity index (χ1) is 8.51. The van der Waals surface area contributed by atoms with Gasteiger partial charge in [0.05, 0.1) is 21.9 Å². The zero-order valence-electron chi connectivity index (χ0n) is 9.88. The second-order valence-electron chi connectivity index (χ2n) is 4.67. The SMILES string of the molecule is NC1(C(=O)Nc2cnc(Cl)c(Br)c2)CCCCC1. The number of carbonyl (C=O) groups is 1. The van der Waals surface area contributed by atoms with Crippen molar-refractivity contribution >= 4 is 39.1 Å². The predicted octanol–water partition coefficient (Wildman–Crippen LogP) is 3.10. The van der Waals surface area contributed by atoms with Crippen LogP contribution in [0.5, 0.6) is 0 Å². The summed E-state index contributed by atoms with van der Waals surface area (Å²) in [5, 5.41) is 3.17. The van der Waals surface area contributed by atoms with Gasteiger partial charge in [-0.1, -0.05) is 30.9 Å². The highest BCUT2D eigenvalue weighted by Gasteiger charge is 2.35. The summed E-state index contributed by atoms with van der Waals surface area (Å²) in [6, 6.07) is 1.72. The zero-order valence-corrected chi connectivity index (χ0v) is 12.2. The Morgan fingerprint density at radius 2 is 2.11 bits per heavy atom. The first kappa shape index (κ1) is 13.8. The van der Waals surface area contributed by atoms with E-state index in [1.165, 1.54) is 6.20 Å². The molecule has 1 aromatic rings. The molecule has 2 rings (SSSR count). The number of carbonyl (C=O) groups excluding carboxylic acids is 1. The fourth-order valence-corrected chi connectivity index (χ4v) is 2.61. The lowest BCUT2D eigenvalue weighted by Gasteiger charge is -2.31. The summed E-state index contributed by atoms with van der Waals surface area (Å²) in [5.41, 5.74) is 6.01. The number of hydrogen-bond donors (Lipinski definition) is 2. The fourth-order valence-electron chi connectivity index (χ4n) is 2.15. The third-order valence-electron chi connectivity index (χ3n) is 3.25. The molecule has 0 atom stereocenters. The molecule has 0 radical (unpaired) electrons. The van der Waals surface area contributed by atoms with Crippen molar-refractivity contribution in [3.8, 4) is 0 Å². The van der Waals surface area contributed by atoms with E-state index in [2.05, 4.69) is 26.2 Å². The van der Waals surface area contributed by atoms with E-state index in [4.69, 9.17) is 17.3 Å². The molecule has 6 heteroatoms. The van der Waals surface area contributed by atoms with Crippen LogP contribution >= 0.6 is 27.5 Å². The van der Waals surface area contributed by atoms with Crippen molar-refractivity contribution < 1.29 is 4.79 Å². The van der Waals surface area contributed by atoms with E-state index in [0.717, 1.165) is 32.1 Å². The number of rotatable bonds is 2. The number of hydrogen-bond acceptors (Lipinski definition) is 3. The molecule has 1 heterocycles. The van der Waals surface area contributed by atoms with Crippen molar-refractivity contribution in [1.82, 2.24) is 4.98 Å². The number of nitrogens with two attached hydrogens (primary N) is 1. The maximum Gasteiger partial charge on any atom is 0.244 e. The molecule has 0 aliphatic heterocycles. The molecule has 0 saturated heterocycles. The van der Waals surface area contributed by atoms with Crippen molar-refractivity contribution in [2.75, 3.05) is 5.32 Å². The molecule has 1 fully saturated rings. The molecular weight excluding hydrogens is 318 g/mol. The van der Waals surface area contributed by atoms with Gasteiger partial charge >= 0.3 is 0 Å². The molecule has 0 bridgehead atoms. The Morgan fingerprint density at radius 3 is 2.72 bits per heavy atom. The van der Waals surface area contributed by atoms with Crippen LogP contribution in [0.1, 0.15) is 32.1 Å². The first-order valence-electron chi connectivity index (χ1n) is 5.93. The Labute approximate surface area is 119 Å². The molecule has 3 N–H and O–H groups in total. The van der Waals surface area contributed by atoms with E-state index >= 15 is 0 Å². The minimum atomic E-state index is -0.746. The van der Waals surface area contributed by atoms with Gasteiger partial charge in [0.1, 0.15) is 5.15 Å². The van der Waals surface area contributed by atoms with Crippen LogP contribution in [-0.4, -0.2) is 16.4 Å². The predicted molar refractivity (Wildman–Crippen MR) is 75.6 cm³/mol. The van der Waals surface area contributed by atoms with E-state index in [1.807, 2.05) is 0 Å². The van der Waals surface area contributed by atoms with Crippen molar-refractivity contribution in [2.24, 2.45) is 5.73 Å². The maximum atomic E-state index is 12.2. The van der Waals surface area contributed by atoms with E-state index in [0.29, 0.717) is 15.3 Å². The number of anilines is 1. The van der Waals surface area contributed by atoms with Crippen LogP contribution in [0.25, 0.3) is 0 Å². The maximum absolute atomic E-state index is 12.2. The van der Waals surface area contributed by atoms with Gasteiger partial charge in [-0.15, -0.1) is 0 Å². The van der Waals surface area contributed by atoms with E-state index < -0.39 is 5.54 Å². The number of nitrogens with zero attached hydrogens (tertiary/aromatic N) is 1. The molecule has 1 aromatic heterocycles. The standard InChI is InChI=1S/C12H15BrClN3O/c13-9-6-8(7-16-10(9)14)17-11(18)12(15)4-2-1-3-5-12/h6-7H,1-5,15H2,(H,17,18). The molecule has 0 aromatic carbocycles. The Kier molecular flexibility index (Phi) is 4.25. The molecule has 0 unspecified atom stereocenters. The second-order valence-corrected chi connectivity index (χ2v) is 5.88. The van der Waals surface area contributed by atoms with Crippen LogP contribution < -0.4 is 11.1 Å². The largest absolute Gasteiger partial charge is 0.323 e. The topological polar surface area (TPSA) is 68.0 Å². The van der Waals surface area contributed by atoms with Crippen LogP contribution in [0.3, 0.4) is 0 Å². The average molecular weight is 333 g/mol. The van der Waals surface area contributed by atoms with Gasteiger partial charge in [0.2, 0.25) is 5.91 Å². The van der Waals surface area contributed by atoms with Crippen LogP contribution in [0, 0.1) is 0 Å². The third kappa shape index (κ3) is 3.02. The van der Waals surface area contributed by atoms with Crippen molar-refractivity contribution in [2.45, 2.75) is 37.6 Å². The molecular formula is C12H15BrClN3O. The van der Waals surface area contributed by atoms with Crippen molar-refractivity contribution in [3.05, 3.63) is 21.9 Å². The lowest BCUT2D eigenvalue weighted by atomic mass is 9.82. The molecule has 1 aliphatic rings. The quantitative estimate of drug-likeness (QED) is 0.818. The minimum absolute atomic E-state index is 0.141. The first-order valence-corrected chi connectivity index (χ1v) is 7.10. The van der Waals surface area contributed by atoms with Crippen LogP contribution in [0.15, 0.2) is 16.7 Å². The van der Waals surface area contributed by atoms with Crippen molar-refractivity contribution in [3.63, 3.8) is 0 Å². The van der Waals surface area contributed by atoms with Gasteiger partial charge in [0.25, 0.3) is 0 Å². The van der Waals surface area contributed by atoms with Crippen molar-refractivity contribution in [1.29, 1.82) is 0 Å². The Bertz CT molecular complexity index is 461. The second kappa shape index (κ2) is 5.55. The molecule has 1 saturated carbocycles. The summed E-state index contributed by atoms with van der Waals surface area (Å²) >= 11 is 9.07. The molecule has 0 spiro atoms. The third-order valence-corrected chi connectivity index (χ3v) is 4.39. The highest BCUT2D eigenvalue weighted by molar-refractivity contribution is 9.10. The lowest BCUT2D eigenvalue weighted by Crippen LogP contribution is -2.52. The molecule has 4 nitrogen and oxygen atoms in total. The number of pyridine rings is 1. The Hall–Kier alpha value is -0.650. The monoisotopic (exact) mass is 331 g/mol. The fraction of sp³-hybridized carbons (Fsp3) is 0.500. The van der Waals surface area contributed by atoms with E-state index in [1.54, 1.807) is 6.07 Å². The van der Waals surface area contributed by atoms with Gasteiger partial charge < -0.3 is 11.1 Å². The molecule has 1 amide bonds. The molecule has 98 valence electrons. The van der Waals surface area contributed by atoms with Gasteiger partial charge in [-0.05, 0) is 34.8 Å². The number of aromatic nitrogens is 1. The van der Waals surface area contributed by atoms with E-state index in [-0.39, 0.29) is 5.91 Å². The average Bonchev–Trinajstić information content (AvgIpc) is 2.35.